The summed E-state index contributed by atoms with van der Waals surface area (Å²) in [5.74, 6) is -0.986. The molecular weight excluding hydrogens is 425 g/mol. The fraction of sp³-hybridized carbons (Fsp3) is 0.333. The Labute approximate surface area is 183 Å². The minimum atomic E-state index is -4.18. The van der Waals surface area contributed by atoms with Crippen molar-refractivity contribution in [2.75, 3.05) is 0 Å². The summed E-state index contributed by atoms with van der Waals surface area (Å²) in [6.45, 7) is 1.78. The number of benzene rings is 2. The molecule has 0 aliphatic heterocycles. The second-order valence-electron chi connectivity index (χ2n) is 8.00. The van der Waals surface area contributed by atoms with E-state index in [0.717, 1.165) is 5.56 Å². The van der Waals surface area contributed by atoms with Gasteiger partial charge in [0.1, 0.15) is 5.82 Å². The Morgan fingerprint density at radius 2 is 1.58 bits per heavy atom. The molecule has 31 heavy (non-hydrogen) atoms. The highest BCUT2D eigenvalue weighted by molar-refractivity contribution is 6.30. The Bertz CT molecular complexity index is 1120. The third kappa shape index (κ3) is 4.40. The minimum absolute atomic E-state index is 0.0458. The molecule has 0 radical (unpaired) electrons. The Hall–Kier alpha value is -2.60. The van der Waals surface area contributed by atoms with Crippen LogP contribution < -0.4 is 5.56 Å². The lowest BCUT2D eigenvalue weighted by Gasteiger charge is -2.31. The van der Waals surface area contributed by atoms with Crippen LogP contribution in [0.15, 0.2) is 59.4 Å². The van der Waals surface area contributed by atoms with Crippen molar-refractivity contribution < 1.29 is 13.2 Å². The average molecular weight is 447 g/mol. The van der Waals surface area contributed by atoms with Gasteiger partial charge in [-0.1, -0.05) is 41.9 Å². The number of alkyl halides is 3. The summed E-state index contributed by atoms with van der Waals surface area (Å²) < 4.78 is 41.0. The second kappa shape index (κ2) is 8.50. The number of aromatic nitrogens is 2. The first kappa shape index (κ1) is 21.6. The van der Waals surface area contributed by atoms with Crippen LogP contribution in [0.1, 0.15) is 43.1 Å². The lowest BCUT2D eigenvalue weighted by Crippen LogP contribution is -2.32. The summed E-state index contributed by atoms with van der Waals surface area (Å²) in [6, 6.07) is 16.1. The third-order valence-corrected chi connectivity index (χ3v) is 6.24. The van der Waals surface area contributed by atoms with Gasteiger partial charge in [0.2, 0.25) is 0 Å². The molecule has 1 fully saturated rings. The van der Waals surface area contributed by atoms with Gasteiger partial charge in [-0.3, -0.25) is 9.36 Å². The van der Waals surface area contributed by atoms with Gasteiger partial charge in [0.05, 0.1) is 22.9 Å². The Morgan fingerprint density at radius 1 is 0.968 bits per heavy atom. The van der Waals surface area contributed by atoms with Crippen LogP contribution >= 0.6 is 11.6 Å². The van der Waals surface area contributed by atoms with Crippen molar-refractivity contribution in [3.63, 3.8) is 0 Å². The summed E-state index contributed by atoms with van der Waals surface area (Å²) in [6.07, 6.45) is -3.40. The van der Waals surface area contributed by atoms with Crippen LogP contribution in [0.3, 0.4) is 0 Å². The maximum atomic E-state index is 13.7. The van der Waals surface area contributed by atoms with Crippen molar-refractivity contribution in [3.05, 3.63) is 81.5 Å². The molecule has 0 unspecified atom stereocenters. The summed E-state index contributed by atoms with van der Waals surface area (Å²) in [5.41, 5.74) is 2.20. The molecule has 0 amide bonds. The molecule has 1 aliphatic rings. The van der Waals surface area contributed by atoms with Crippen LogP contribution in [-0.4, -0.2) is 15.7 Å². The van der Waals surface area contributed by atoms with E-state index in [0.29, 0.717) is 40.6 Å². The van der Waals surface area contributed by atoms with E-state index in [-0.39, 0.29) is 24.3 Å². The van der Waals surface area contributed by atoms with Gasteiger partial charge in [-0.2, -0.15) is 13.2 Å². The SMILES string of the molecule is Cc1nc(C2CCC(C(F)(F)F)CC2)n(-c2ccc(Cl)cc2)c(=O)c1-c1ccccc1. The van der Waals surface area contributed by atoms with Gasteiger partial charge in [-0.15, -0.1) is 0 Å². The van der Waals surface area contributed by atoms with Crippen LogP contribution in [0.2, 0.25) is 5.02 Å². The Kier molecular flexibility index (Phi) is 5.93. The number of aryl methyl sites for hydroxylation is 1. The number of rotatable bonds is 3. The van der Waals surface area contributed by atoms with Crippen LogP contribution in [0, 0.1) is 12.8 Å². The largest absolute Gasteiger partial charge is 0.391 e. The predicted molar refractivity (Wildman–Crippen MR) is 116 cm³/mol. The molecule has 3 nitrogen and oxygen atoms in total. The first-order valence-corrected chi connectivity index (χ1v) is 10.6. The molecule has 1 saturated carbocycles. The molecule has 1 aromatic heterocycles. The Balaban J connectivity index is 1.84. The minimum Gasteiger partial charge on any atom is -0.268 e. The van der Waals surface area contributed by atoms with E-state index < -0.39 is 12.1 Å². The summed E-state index contributed by atoms with van der Waals surface area (Å²) in [4.78, 5) is 18.4. The van der Waals surface area contributed by atoms with Gasteiger partial charge in [-0.05, 0) is 62.4 Å². The molecule has 4 rings (SSSR count). The number of hydrogen-bond acceptors (Lipinski definition) is 2. The predicted octanol–water partition coefficient (Wildman–Crippen LogP) is 6.70. The number of nitrogens with zero attached hydrogens (tertiary/aromatic N) is 2. The molecule has 0 spiro atoms. The molecular formula is C24H22ClF3N2O. The molecule has 0 atom stereocenters. The average Bonchev–Trinajstić information content (AvgIpc) is 2.74. The van der Waals surface area contributed by atoms with Crippen molar-refractivity contribution in [3.8, 4) is 16.8 Å². The third-order valence-electron chi connectivity index (χ3n) is 5.99. The van der Waals surface area contributed by atoms with E-state index in [1.165, 1.54) is 0 Å². The maximum absolute atomic E-state index is 13.7. The molecule has 1 aliphatic carbocycles. The van der Waals surface area contributed by atoms with Crippen molar-refractivity contribution in [2.24, 2.45) is 5.92 Å². The molecule has 162 valence electrons. The standard InChI is InChI=1S/C24H22ClF3N2O/c1-15-21(16-5-3-2-4-6-16)23(31)30(20-13-11-19(25)12-14-20)22(29-15)17-7-9-18(10-8-17)24(26,27)28/h2-6,11-14,17-18H,7-10H2,1H3. The summed E-state index contributed by atoms with van der Waals surface area (Å²) in [5, 5.41) is 0.535. The fourth-order valence-electron chi connectivity index (χ4n) is 4.38. The van der Waals surface area contributed by atoms with Gasteiger partial charge in [-0.25, -0.2) is 4.98 Å². The molecule has 1 heterocycles. The molecule has 0 saturated heterocycles. The van der Waals surface area contributed by atoms with Crippen molar-refractivity contribution in [2.45, 2.75) is 44.7 Å². The van der Waals surface area contributed by atoms with Crippen molar-refractivity contribution in [1.29, 1.82) is 0 Å². The summed E-state index contributed by atoms with van der Waals surface area (Å²) >= 11 is 6.03. The highest BCUT2D eigenvalue weighted by atomic mass is 35.5. The molecule has 0 N–H and O–H groups in total. The lowest BCUT2D eigenvalue weighted by molar-refractivity contribution is -0.182. The van der Waals surface area contributed by atoms with Crippen LogP contribution in [0.25, 0.3) is 16.8 Å². The molecule has 3 aromatic rings. The van der Waals surface area contributed by atoms with Crippen molar-refractivity contribution >= 4 is 11.6 Å². The maximum Gasteiger partial charge on any atom is 0.391 e. The van der Waals surface area contributed by atoms with Crippen LogP contribution in [-0.2, 0) is 0 Å². The zero-order valence-corrected chi connectivity index (χ0v) is 17.7. The normalized spacial score (nSPS) is 19.4. The van der Waals surface area contributed by atoms with Crippen LogP contribution in [0.5, 0.6) is 0 Å². The smallest absolute Gasteiger partial charge is 0.268 e. The first-order valence-electron chi connectivity index (χ1n) is 10.3. The van der Waals surface area contributed by atoms with Crippen molar-refractivity contribution in [1.82, 2.24) is 9.55 Å². The highest BCUT2D eigenvalue weighted by Gasteiger charge is 2.42. The first-order chi connectivity index (χ1) is 14.8. The highest BCUT2D eigenvalue weighted by Crippen LogP contribution is 2.42. The molecule has 0 bridgehead atoms. The van der Waals surface area contributed by atoms with Gasteiger partial charge in [0.15, 0.2) is 0 Å². The fourth-order valence-corrected chi connectivity index (χ4v) is 4.50. The zero-order valence-electron chi connectivity index (χ0n) is 17.0. The zero-order chi connectivity index (χ0) is 22.2. The van der Waals surface area contributed by atoms with E-state index in [4.69, 9.17) is 16.6 Å². The van der Waals surface area contributed by atoms with E-state index in [2.05, 4.69) is 0 Å². The Morgan fingerprint density at radius 3 is 2.16 bits per heavy atom. The van der Waals surface area contributed by atoms with Gasteiger partial charge in [0.25, 0.3) is 5.56 Å². The van der Waals surface area contributed by atoms with E-state index >= 15 is 0 Å². The monoisotopic (exact) mass is 446 g/mol. The molecule has 2 aromatic carbocycles. The van der Waals surface area contributed by atoms with Gasteiger partial charge >= 0.3 is 6.18 Å². The second-order valence-corrected chi connectivity index (χ2v) is 8.44. The number of hydrogen-bond donors (Lipinski definition) is 0. The van der Waals surface area contributed by atoms with E-state index in [9.17, 15) is 18.0 Å². The van der Waals surface area contributed by atoms with Gasteiger partial charge in [0, 0.05) is 10.9 Å². The van der Waals surface area contributed by atoms with Gasteiger partial charge < -0.3 is 0 Å². The quantitative estimate of drug-likeness (QED) is 0.448. The molecule has 7 heteroatoms. The summed E-state index contributed by atoms with van der Waals surface area (Å²) in [7, 11) is 0. The van der Waals surface area contributed by atoms with E-state index in [1.54, 1.807) is 35.8 Å². The van der Waals surface area contributed by atoms with E-state index in [1.807, 2.05) is 30.3 Å². The lowest BCUT2D eigenvalue weighted by atomic mass is 9.81. The number of halogens is 4. The topological polar surface area (TPSA) is 34.9 Å². The van der Waals surface area contributed by atoms with Crippen LogP contribution in [0.4, 0.5) is 13.2 Å².